The number of carbonyl (C=O) groups is 1. The molecule has 1 atom stereocenters. The first-order valence-corrected chi connectivity index (χ1v) is 8.81. The van der Waals surface area contributed by atoms with Crippen molar-refractivity contribution >= 4 is 16.7 Å². The van der Waals surface area contributed by atoms with E-state index in [2.05, 4.69) is 0 Å². The lowest BCUT2D eigenvalue weighted by molar-refractivity contribution is -0.149. The highest BCUT2D eigenvalue weighted by molar-refractivity contribution is 5.83. The third-order valence-corrected chi connectivity index (χ3v) is 3.83. The maximum absolute atomic E-state index is 12.8. The Bertz CT molecular complexity index is 792. The Morgan fingerprint density at radius 2 is 1.88 bits per heavy atom. The standard InChI is InChI=1S/C20H27NO4/c1-6-18(20(23)24-12-13(2)3)21-10-9-15-11-16(25-14(4)5)7-8-17(15)19(21)22/h7-11,13-14,18H,6,12H2,1-5H3. The normalized spacial score (nSPS) is 12.6. The van der Waals surface area contributed by atoms with E-state index in [0.717, 1.165) is 11.1 Å². The van der Waals surface area contributed by atoms with Gasteiger partial charge in [0.25, 0.3) is 5.56 Å². The molecule has 0 N–H and O–H groups in total. The van der Waals surface area contributed by atoms with Gasteiger partial charge in [-0.3, -0.25) is 4.79 Å². The smallest absolute Gasteiger partial charge is 0.329 e. The largest absolute Gasteiger partial charge is 0.491 e. The van der Waals surface area contributed by atoms with Gasteiger partial charge in [-0.1, -0.05) is 20.8 Å². The summed E-state index contributed by atoms with van der Waals surface area (Å²) in [6.45, 7) is 10.1. The summed E-state index contributed by atoms with van der Waals surface area (Å²) < 4.78 is 12.5. The molecule has 0 spiro atoms. The van der Waals surface area contributed by atoms with Crippen molar-refractivity contribution in [3.05, 3.63) is 40.8 Å². The van der Waals surface area contributed by atoms with Gasteiger partial charge in [0.05, 0.1) is 12.7 Å². The summed E-state index contributed by atoms with van der Waals surface area (Å²) in [5.41, 5.74) is -0.193. The average Bonchev–Trinajstić information content (AvgIpc) is 2.55. The second kappa shape index (κ2) is 8.19. The summed E-state index contributed by atoms with van der Waals surface area (Å²) in [6, 6.07) is 6.60. The van der Waals surface area contributed by atoms with Gasteiger partial charge in [0.1, 0.15) is 11.8 Å². The van der Waals surface area contributed by atoms with Crippen molar-refractivity contribution in [1.82, 2.24) is 4.57 Å². The molecule has 0 aliphatic heterocycles. The van der Waals surface area contributed by atoms with Crippen LogP contribution in [0.3, 0.4) is 0 Å². The number of hydrogen-bond donors (Lipinski definition) is 0. The first-order valence-electron chi connectivity index (χ1n) is 8.81. The van der Waals surface area contributed by atoms with E-state index in [9.17, 15) is 9.59 Å². The van der Waals surface area contributed by atoms with Crippen LogP contribution in [0.1, 0.15) is 47.1 Å². The molecule has 0 aliphatic rings. The third-order valence-electron chi connectivity index (χ3n) is 3.83. The fraction of sp³-hybridized carbons (Fsp3) is 0.500. The van der Waals surface area contributed by atoms with Crippen LogP contribution in [0.5, 0.6) is 5.75 Å². The van der Waals surface area contributed by atoms with Gasteiger partial charge in [-0.05, 0) is 55.8 Å². The van der Waals surface area contributed by atoms with Crippen LogP contribution in [-0.2, 0) is 9.53 Å². The molecule has 0 aliphatic carbocycles. The molecular formula is C20H27NO4. The van der Waals surface area contributed by atoms with E-state index < -0.39 is 6.04 Å². The van der Waals surface area contributed by atoms with Gasteiger partial charge < -0.3 is 14.0 Å². The van der Waals surface area contributed by atoms with Crippen LogP contribution >= 0.6 is 0 Å². The molecule has 1 aromatic carbocycles. The summed E-state index contributed by atoms with van der Waals surface area (Å²) >= 11 is 0. The third kappa shape index (κ3) is 4.62. The van der Waals surface area contributed by atoms with Crippen molar-refractivity contribution in [3.63, 3.8) is 0 Å². The molecule has 2 rings (SSSR count). The summed E-state index contributed by atoms with van der Waals surface area (Å²) in [5.74, 6) is 0.620. The maximum atomic E-state index is 12.8. The number of nitrogens with zero attached hydrogens (tertiary/aromatic N) is 1. The molecular weight excluding hydrogens is 318 g/mol. The highest BCUT2D eigenvalue weighted by Crippen LogP contribution is 2.21. The Morgan fingerprint density at radius 3 is 2.48 bits per heavy atom. The molecule has 0 bridgehead atoms. The van der Waals surface area contributed by atoms with Gasteiger partial charge in [0, 0.05) is 11.6 Å². The molecule has 1 aromatic heterocycles. The summed E-state index contributed by atoms with van der Waals surface area (Å²) in [5, 5.41) is 1.36. The zero-order chi connectivity index (χ0) is 18.6. The Labute approximate surface area is 148 Å². The zero-order valence-corrected chi connectivity index (χ0v) is 15.6. The molecule has 5 nitrogen and oxygen atoms in total. The van der Waals surface area contributed by atoms with Gasteiger partial charge in [0.15, 0.2) is 0 Å². The van der Waals surface area contributed by atoms with Crippen LogP contribution in [0, 0.1) is 5.92 Å². The molecule has 1 unspecified atom stereocenters. The Morgan fingerprint density at radius 1 is 1.16 bits per heavy atom. The molecule has 0 fully saturated rings. The molecule has 2 aromatic rings. The van der Waals surface area contributed by atoms with Gasteiger partial charge in [0.2, 0.25) is 0 Å². The van der Waals surface area contributed by atoms with Gasteiger partial charge >= 0.3 is 5.97 Å². The lowest BCUT2D eigenvalue weighted by atomic mass is 10.1. The van der Waals surface area contributed by atoms with Crippen molar-refractivity contribution in [1.29, 1.82) is 0 Å². The number of pyridine rings is 1. The van der Waals surface area contributed by atoms with E-state index in [1.165, 1.54) is 4.57 Å². The predicted molar refractivity (Wildman–Crippen MR) is 99.1 cm³/mol. The van der Waals surface area contributed by atoms with Crippen LogP contribution in [-0.4, -0.2) is 23.2 Å². The molecule has 0 amide bonds. The van der Waals surface area contributed by atoms with Crippen molar-refractivity contribution in [2.75, 3.05) is 6.61 Å². The second-order valence-corrected chi connectivity index (χ2v) is 6.89. The minimum Gasteiger partial charge on any atom is -0.491 e. The average molecular weight is 345 g/mol. The molecule has 1 heterocycles. The quantitative estimate of drug-likeness (QED) is 0.713. The minimum atomic E-state index is -0.609. The van der Waals surface area contributed by atoms with E-state index in [1.54, 1.807) is 18.3 Å². The van der Waals surface area contributed by atoms with Crippen LogP contribution in [0.25, 0.3) is 10.8 Å². The Hall–Kier alpha value is -2.30. The Balaban J connectivity index is 2.36. The number of fused-ring (bicyclic) bond motifs is 1. The molecule has 5 heteroatoms. The molecule has 0 radical (unpaired) electrons. The van der Waals surface area contributed by atoms with E-state index in [1.807, 2.05) is 46.8 Å². The number of ether oxygens (including phenoxy) is 2. The van der Waals surface area contributed by atoms with E-state index in [4.69, 9.17) is 9.47 Å². The molecule has 0 saturated carbocycles. The van der Waals surface area contributed by atoms with Gasteiger partial charge in [-0.15, -0.1) is 0 Å². The van der Waals surface area contributed by atoms with Crippen LogP contribution in [0.2, 0.25) is 0 Å². The van der Waals surface area contributed by atoms with E-state index in [0.29, 0.717) is 18.4 Å². The summed E-state index contributed by atoms with van der Waals surface area (Å²) in [4.78, 5) is 25.2. The first kappa shape index (κ1) is 19.0. The first-order chi connectivity index (χ1) is 11.8. The number of aromatic nitrogens is 1. The molecule has 136 valence electrons. The molecule has 25 heavy (non-hydrogen) atoms. The zero-order valence-electron chi connectivity index (χ0n) is 15.6. The van der Waals surface area contributed by atoms with Gasteiger partial charge in [-0.25, -0.2) is 4.79 Å². The van der Waals surface area contributed by atoms with Crippen LogP contribution < -0.4 is 10.3 Å². The SMILES string of the molecule is CCC(C(=O)OCC(C)C)n1ccc2cc(OC(C)C)ccc2c1=O. The minimum absolute atomic E-state index is 0.0676. The number of esters is 1. The second-order valence-electron chi connectivity index (χ2n) is 6.89. The fourth-order valence-corrected chi connectivity index (χ4v) is 2.65. The van der Waals surface area contributed by atoms with Gasteiger partial charge in [-0.2, -0.15) is 0 Å². The predicted octanol–water partition coefficient (Wildman–Crippen LogP) is 3.94. The summed E-state index contributed by atoms with van der Waals surface area (Å²) in [6.07, 6.45) is 2.23. The number of carbonyl (C=O) groups excluding carboxylic acids is 1. The van der Waals surface area contributed by atoms with E-state index in [-0.39, 0.29) is 23.6 Å². The molecule has 0 saturated heterocycles. The van der Waals surface area contributed by atoms with Crippen molar-refractivity contribution in [3.8, 4) is 5.75 Å². The van der Waals surface area contributed by atoms with Crippen molar-refractivity contribution < 1.29 is 14.3 Å². The number of benzene rings is 1. The van der Waals surface area contributed by atoms with Crippen molar-refractivity contribution in [2.24, 2.45) is 5.92 Å². The maximum Gasteiger partial charge on any atom is 0.329 e. The van der Waals surface area contributed by atoms with Crippen molar-refractivity contribution in [2.45, 2.75) is 53.2 Å². The summed E-state index contributed by atoms with van der Waals surface area (Å²) in [7, 11) is 0. The number of rotatable bonds is 7. The lowest BCUT2D eigenvalue weighted by Gasteiger charge is -2.18. The topological polar surface area (TPSA) is 57.5 Å². The van der Waals surface area contributed by atoms with Crippen LogP contribution in [0.4, 0.5) is 0 Å². The number of hydrogen-bond acceptors (Lipinski definition) is 4. The highest BCUT2D eigenvalue weighted by Gasteiger charge is 2.22. The highest BCUT2D eigenvalue weighted by atomic mass is 16.5. The Kier molecular flexibility index (Phi) is 6.23. The van der Waals surface area contributed by atoms with E-state index >= 15 is 0 Å². The monoisotopic (exact) mass is 345 g/mol. The van der Waals surface area contributed by atoms with Crippen LogP contribution in [0.15, 0.2) is 35.3 Å². The lowest BCUT2D eigenvalue weighted by Crippen LogP contribution is -2.31. The fourth-order valence-electron chi connectivity index (χ4n) is 2.65.